The van der Waals surface area contributed by atoms with Gasteiger partial charge in [-0.1, -0.05) is 68.4 Å². The van der Waals surface area contributed by atoms with Gasteiger partial charge in [-0.3, -0.25) is 0 Å². The highest BCUT2D eigenvalue weighted by Gasteiger charge is 2.47. The standard InChI is InChI=1S/C25H27N5O/c1-25(2)21(14-22(25)31)29-23-20(15-26)16-28-24(30-23)27-12-11-17-7-6-10-19(13-17)18-8-4-3-5-9-18/h3-10,13,16,21-22,31H,11-12,14H2,1-2H3,(H2,27,28,29,30)/t21-,22+/m1/s1. The fraction of sp³-hybridized carbons (Fsp3) is 0.320. The summed E-state index contributed by atoms with van der Waals surface area (Å²) >= 11 is 0. The number of nitriles is 1. The van der Waals surface area contributed by atoms with E-state index >= 15 is 0 Å². The molecule has 1 aliphatic rings. The zero-order valence-electron chi connectivity index (χ0n) is 17.8. The molecule has 1 saturated carbocycles. The van der Waals surface area contributed by atoms with Crippen molar-refractivity contribution in [3.8, 4) is 17.2 Å². The van der Waals surface area contributed by atoms with E-state index < -0.39 is 0 Å². The largest absolute Gasteiger partial charge is 0.392 e. The lowest BCUT2D eigenvalue weighted by atomic mass is 9.64. The summed E-state index contributed by atoms with van der Waals surface area (Å²) in [6.45, 7) is 4.70. The van der Waals surface area contributed by atoms with Crippen LogP contribution in [0.4, 0.5) is 11.8 Å². The lowest BCUT2D eigenvalue weighted by molar-refractivity contribution is -0.0511. The Labute approximate surface area is 183 Å². The molecular weight excluding hydrogens is 386 g/mol. The van der Waals surface area contributed by atoms with Crippen LogP contribution in [-0.4, -0.2) is 33.8 Å². The Bertz CT molecular complexity index is 1090. The van der Waals surface area contributed by atoms with Gasteiger partial charge in [0.2, 0.25) is 5.95 Å². The Kier molecular flexibility index (Phi) is 5.88. The quantitative estimate of drug-likeness (QED) is 0.536. The molecule has 2 aromatic carbocycles. The van der Waals surface area contributed by atoms with Crippen LogP contribution in [0.25, 0.3) is 11.1 Å². The Morgan fingerprint density at radius 1 is 1.13 bits per heavy atom. The molecule has 1 fully saturated rings. The molecule has 6 heteroatoms. The summed E-state index contributed by atoms with van der Waals surface area (Å²) in [6.07, 6.45) is 2.66. The minimum absolute atomic E-state index is 0.0677. The predicted molar refractivity (Wildman–Crippen MR) is 123 cm³/mol. The lowest BCUT2D eigenvalue weighted by Crippen LogP contribution is -2.57. The number of aliphatic hydroxyl groups excluding tert-OH is 1. The molecule has 1 heterocycles. The topological polar surface area (TPSA) is 93.9 Å². The molecule has 6 nitrogen and oxygen atoms in total. The lowest BCUT2D eigenvalue weighted by Gasteiger charge is -2.49. The zero-order chi connectivity index (χ0) is 21.8. The molecule has 3 N–H and O–H groups in total. The van der Waals surface area contributed by atoms with Crippen LogP contribution in [0.5, 0.6) is 0 Å². The van der Waals surface area contributed by atoms with Crippen LogP contribution in [0.2, 0.25) is 0 Å². The van der Waals surface area contributed by atoms with Crippen molar-refractivity contribution in [1.82, 2.24) is 9.97 Å². The number of nitrogens with one attached hydrogen (secondary N) is 2. The first-order valence-electron chi connectivity index (χ1n) is 10.6. The van der Waals surface area contributed by atoms with Crippen LogP contribution < -0.4 is 10.6 Å². The highest BCUT2D eigenvalue weighted by molar-refractivity contribution is 5.64. The van der Waals surface area contributed by atoms with Crippen LogP contribution in [0.3, 0.4) is 0 Å². The molecule has 1 aliphatic carbocycles. The molecule has 1 aromatic heterocycles. The summed E-state index contributed by atoms with van der Waals surface area (Å²) in [6, 6.07) is 21.0. The van der Waals surface area contributed by atoms with Gasteiger partial charge in [-0.2, -0.15) is 10.2 Å². The van der Waals surface area contributed by atoms with Gasteiger partial charge < -0.3 is 15.7 Å². The Morgan fingerprint density at radius 3 is 2.61 bits per heavy atom. The van der Waals surface area contributed by atoms with Gasteiger partial charge in [0.05, 0.1) is 12.3 Å². The summed E-state index contributed by atoms with van der Waals surface area (Å²) in [5.74, 6) is 0.995. The smallest absolute Gasteiger partial charge is 0.224 e. The second-order valence-corrected chi connectivity index (χ2v) is 8.58. The van der Waals surface area contributed by atoms with E-state index in [-0.39, 0.29) is 17.6 Å². The van der Waals surface area contributed by atoms with E-state index in [1.807, 2.05) is 32.0 Å². The van der Waals surface area contributed by atoms with E-state index in [0.29, 0.717) is 30.3 Å². The summed E-state index contributed by atoms with van der Waals surface area (Å²) in [7, 11) is 0. The molecule has 4 rings (SSSR count). The first-order chi connectivity index (χ1) is 15.0. The van der Waals surface area contributed by atoms with E-state index in [0.717, 1.165) is 6.42 Å². The summed E-state index contributed by atoms with van der Waals surface area (Å²) in [4.78, 5) is 8.79. The number of nitrogens with zero attached hydrogens (tertiary/aromatic N) is 3. The number of hydrogen-bond donors (Lipinski definition) is 3. The average molecular weight is 414 g/mol. The number of rotatable bonds is 7. The molecule has 0 amide bonds. The van der Waals surface area contributed by atoms with Gasteiger partial charge in [0.1, 0.15) is 17.5 Å². The predicted octanol–water partition coefficient (Wildman–Crippen LogP) is 4.24. The van der Waals surface area contributed by atoms with E-state index in [2.05, 4.69) is 63.1 Å². The van der Waals surface area contributed by atoms with E-state index in [4.69, 9.17) is 0 Å². The fourth-order valence-corrected chi connectivity index (χ4v) is 3.83. The number of benzene rings is 2. The maximum Gasteiger partial charge on any atom is 0.224 e. The Hall–Kier alpha value is -3.43. The minimum Gasteiger partial charge on any atom is -0.392 e. The second kappa shape index (κ2) is 8.75. The van der Waals surface area contributed by atoms with Crippen molar-refractivity contribution in [3.05, 3.63) is 71.9 Å². The SMILES string of the molecule is CC1(C)[C@@H](O)C[C@H]1Nc1nc(NCCc2cccc(-c3ccccc3)c2)ncc1C#N. The summed E-state index contributed by atoms with van der Waals surface area (Å²) in [5, 5.41) is 26.0. The highest BCUT2D eigenvalue weighted by Crippen LogP contribution is 2.42. The van der Waals surface area contributed by atoms with Crippen LogP contribution in [-0.2, 0) is 6.42 Å². The van der Waals surface area contributed by atoms with E-state index in [9.17, 15) is 10.4 Å². The van der Waals surface area contributed by atoms with Crippen LogP contribution in [0.1, 0.15) is 31.4 Å². The van der Waals surface area contributed by atoms with Gasteiger partial charge in [-0.05, 0) is 29.5 Å². The number of aliphatic hydroxyl groups is 1. The van der Waals surface area contributed by atoms with Crippen molar-refractivity contribution in [2.24, 2.45) is 5.41 Å². The molecule has 2 atom stereocenters. The maximum absolute atomic E-state index is 9.97. The van der Waals surface area contributed by atoms with Crippen molar-refractivity contribution < 1.29 is 5.11 Å². The summed E-state index contributed by atoms with van der Waals surface area (Å²) in [5.41, 5.74) is 3.77. The molecule has 0 unspecified atom stereocenters. The first kappa shape index (κ1) is 20.8. The second-order valence-electron chi connectivity index (χ2n) is 8.58. The molecule has 158 valence electrons. The highest BCUT2D eigenvalue weighted by atomic mass is 16.3. The first-order valence-corrected chi connectivity index (χ1v) is 10.6. The van der Waals surface area contributed by atoms with Gasteiger partial charge in [-0.25, -0.2) is 4.98 Å². The maximum atomic E-state index is 9.97. The number of aromatic nitrogens is 2. The van der Waals surface area contributed by atoms with Gasteiger partial charge in [-0.15, -0.1) is 0 Å². The number of anilines is 2. The third kappa shape index (κ3) is 4.52. The van der Waals surface area contributed by atoms with Crippen molar-refractivity contribution in [3.63, 3.8) is 0 Å². The van der Waals surface area contributed by atoms with Crippen molar-refractivity contribution in [1.29, 1.82) is 5.26 Å². The molecule has 0 radical (unpaired) electrons. The zero-order valence-corrected chi connectivity index (χ0v) is 17.8. The van der Waals surface area contributed by atoms with Crippen molar-refractivity contribution in [2.75, 3.05) is 17.2 Å². The average Bonchev–Trinajstić information content (AvgIpc) is 2.80. The molecule has 0 spiro atoms. The Balaban J connectivity index is 1.40. The third-order valence-corrected chi connectivity index (χ3v) is 6.17. The monoisotopic (exact) mass is 413 g/mol. The Morgan fingerprint density at radius 2 is 1.90 bits per heavy atom. The molecule has 31 heavy (non-hydrogen) atoms. The van der Waals surface area contributed by atoms with Crippen molar-refractivity contribution >= 4 is 11.8 Å². The van der Waals surface area contributed by atoms with Crippen LogP contribution in [0, 0.1) is 16.7 Å². The normalized spacial score (nSPS) is 19.2. The van der Waals surface area contributed by atoms with E-state index in [1.165, 1.54) is 22.9 Å². The van der Waals surface area contributed by atoms with Gasteiger partial charge in [0.25, 0.3) is 0 Å². The molecule has 3 aromatic rings. The third-order valence-electron chi connectivity index (χ3n) is 6.17. The number of hydrogen-bond acceptors (Lipinski definition) is 6. The summed E-state index contributed by atoms with van der Waals surface area (Å²) < 4.78 is 0. The molecule has 0 aliphatic heterocycles. The molecule has 0 saturated heterocycles. The van der Waals surface area contributed by atoms with Crippen LogP contribution in [0.15, 0.2) is 60.8 Å². The molecular formula is C25H27N5O. The minimum atomic E-state index is -0.346. The molecule has 0 bridgehead atoms. The van der Waals surface area contributed by atoms with Crippen LogP contribution >= 0.6 is 0 Å². The van der Waals surface area contributed by atoms with E-state index in [1.54, 1.807) is 0 Å². The van der Waals surface area contributed by atoms with Gasteiger partial charge in [0.15, 0.2) is 0 Å². The fourth-order valence-electron chi connectivity index (χ4n) is 3.83. The van der Waals surface area contributed by atoms with Crippen molar-refractivity contribution in [2.45, 2.75) is 38.8 Å². The van der Waals surface area contributed by atoms with Gasteiger partial charge >= 0.3 is 0 Å². The van der Waals surface area contributed by atoms with Gasteiger partial charge in [0, 0.05) is 18.0 Å².